The van der Waals surface area contributed by atoms with Crippen molar-refractivity contribution in [3.63, 3.8) is 0 Å². The van der Waals surface area contributed by atoms with Gasteiger partial charge in [0.2, 0.25) is 0 Å². The molecular weight excluding hydrogens is 404 g/mol. The second-order valence-electron chi connectivity index (χ2n) is 6.25. The zero-order chi connectivity index (χ0) is 21.9. The summed E-state index contributed by atoms with van der Waals surface area (Å²) in [5.41, 5.74) is 6.50. The summed E-state index contributed by atoms with van der Waals surface area (Å²) in [5.74, 6) is -0.781. The first-order valence-electron chi connectivity index (χ1n) is 9.03. The van der Waals surface area contributed by atoms with E-state index in [0.29, 0.717) is 5.69 Å². The van der Waals surface area contributed by atoms with Gasteiger partial charge in [0.1, 0.15) is 11.0 Å². The lowest BCUT2D eigenvalue weighted by Crippen LogP contribution is -2.31. The van der Waals surface area contributed by atoms with Gasteiger partial charge < -0.3 is 15.0 Å². The number of carbonyl (C=O) groups is 1. The molecule has 2 aromatic carbocycles. The molecular formula is C21H20N4O4S. The number of anilines is 2. The molecule has 0 unspecified atom stereocenters. The molecule has 1 aromatic heterocycles. The molecule has 8 nitrogen and oxygen atoms in total. The maximum Gasteiger partial charge on any atom is 0.357 e. The zero-order valence-electron chi connectivity index (χ0n) is 16.4. The largest absolute Gasteiger partial charge is 0.464 e. The SMILES string of the molecule is CCN(c1ccccc1)S(=O)(=O)c1ccccc1-n1cc(C#N)c(N)c1C(=O)OC. The van der Waals surface area contributed by atoms with Crippen molar-refractivity contribution in [1.29, 1.82) is 5.26 Å². The maximum absolute atomic E-state index is 13.6. The quantitative estimate of drug-likeness (QED) is 0.608. The number of nitrogens with two attached hydrogens (primary N) is 1. The normalized spacial score (nSPS) is 11.0. The zero-order valence-corrected chi connectivity index (χ0v) is 17.3. The van der Waals surface area contributed by atoms with Crippen LogP contribution in [0.15, 0.2) is 65.7 Å². The van der Waals surface area contributed by atoms with Crippen LogP contribution in [-0.2, 0) is 14.8 Å². The van der Waals surface area contributed by atoms with Gasteiger partial charge in [-0.2, -0.15) is 5.26 Å². The van der Waals surface area contributed by atoms with Crippen molar-refractivity contribution in [2.45, 2.75) is 11.8 Å². The second kappa shape index (κ2) is 8.31. The molecule has 0 aliphatic carbocycles. The number of methoxy groups -OCH3 is 1. The van der Waals surface area contributed by atoms with Gasteiger partial charge in [-0.1, -0.05) is 30.3 Å². The van der Waals surface area contributed by atoms with E-state index >= 15 is 0 Å². The fourth-order valence-electron chi connectivity index (χ4n) is 3.18. The van der Waals surface area contributed by atoms with Gasteiger partial charge in [0.15, 0.2) is 5.69 Å². The summed E-state index contributed by atoms with van der Waals surface area (Å²) < 4.78 is 34.5. The van der Waals surface area contributed by atoms with E-state index in [0.717, 1.165) is 0 Å². The van der Waals surface area contributed by atoms with Crippen LogP contribution in [0.5, 0.6) is 0 Å². The van der Waals surface area contributed by atoms with Crippen molar-refractivity contribution in [2.24, 2.45) is 0 Å². The Labute approximate surface area is 174 Å². The van der Waals surface area contributed by atoms with Gasteiger partial charge in [0.25, 0.3) is 10.0 Å². The molecule has 30 heavy (non-hydrogen) atoms. The van der Waals surface area contributed by atoms with Crippen LogP contribution in [0.3, 0.4) is 0 Å². The molecule has 0 atom stereocenters. The minimum absolute atomic E-state index is 0.0398. The van der Waals surface area contributed by atoms with E-state index in [-0.39, 0.29) is 34.1 Å². The van der Waals surface area contributed by atoms with Crippen LogP contribution < -0.4 is 10.0 Å². The number of hydrogen-bond acceptors (Lipinski definition) is 6. The molecule has 154 valence electrons. The summed E-state index contributed by atoms with van der Waals surface area (Å²) in [6, 6.07) is 16.8. The highest BCUT2D eigenvalue weighted by molar-refractivity contribution is 7.93. The summed E-state index contributed by atoms with van der Waals surface area (Å²) in [4.78, 5) is 12.3. The van der Waals surface area contributed by atoms with Crippen molar-refractivity contribution >= 4 is 27.4 Å². The molecule has 0 bridgehead atoms. The minimum atomic E-state index is -4.01. The summed E-state index contributed by atoms with van der Waals surface area (Å²) in [5, 5.41) is 9.34. The number of para-hydroxylation sites is 2. The third-order valence-electron chi connectivity index (χ3n) is 4.57. The number of nitrogen functional groups attached to an aromatic ring is 1. The Kier molecular flexibility index (Phi) is 5.80. The Balaban J connectivity index is 2.26. The average Bonchev–Trinajstić information content (AvgIpc) is 3.10. The van der Waals surface area contributed by atoms with E-state index < -0.39 is 16.0 Å². The standard InChI is InChI=1S/C21H20N4O4S/c1-3-25(16-9-5-4-6-10-16)30(27,28)18-12-8-7-11-17(18)24-14-15(13-22)19(23)20(24)21(26)29-2/h4-12,14H,3,23H2,1-2H3. The second-order valence-corrected chi connectivity index (χ2v) is 8.08. The number of sulfonamides is 1. The number of rotatable bonds is 6. The molecule has 3 aromatic rings. The van der Waals surface area contributed by atoms with Crippen molar-refractivity contribution < 1.29 is 17.9 Å². The first-order valence-corrected chi connectivity index (χ1v) is 10.5. The lowest BCUT2D eigenvalue weighted by Gasteiger charge is -2.24. The topological polar surface area (TPSA) is 118 Å². The number of aromatic nitrogens is 1. The summed E-state index contributed by atoms with van der Waals surface area (Å²) in [6.45, 7) is 1.93. The Bertz CT molecular complexity index is 1230. The first kappa shape index (κ1) is 21.0. The maximum atomic E-state index is 13.6. The van der Waals surface area contributed by atoms with Gasteiger partial charge in [0, 0.05) is 12.7 Å². The van der Waals surface area contributed by atoms with E-state index in [1.54, 1.807) is 55.5 Å². The predicted octanol–water partition coefficient (Wildman–Crippen LogP) is 2.93. The third-order valence-corrected chi connectivity index (χ3v) is 6.52. The molecule has 0 fully saturated rings. The lowest BCUT2D eigenvalue weighted by molar-refractivity contribution is 0.0593. The number of hydrogen-bond donors (Lipinski definition) is 1. The summed E-state index contributed by atoms with van der Waals surface area (Å²) >= 11 is 0. The van der Waals surface area contributed by atoms with Crippen LogP contribution in [0.1, 0.15) is 23.0 Å². The van der Waals surface area contributed by atoms with Gasteiger partial charge in [-0.3, -0.25) is 4.31 Å². The molecule has 1 heterocycles. The van der Waals surface area contributed by atoms with Crippen LogP contribution >= 0.6 is 0 Å². The summed E-state index contributed by atoms with van der Waals surface area (Å²) in [6.07, 6.45) is 1.33. The number of esters is 1. The number of benzene rings is 2. The van der Waals surface area contributed by atoms with Crippen LogP contribution in [-0.4, -0.2) is 32.6 Å². The van der Waals surface area contributed by atoms with Gasteiger partial charge in [-0.25, -0.2) is 13.2 Å². The highest BCUT2D eigenvalue weighted by Crippen LogP contribution is 2.31. The fraction of sp³-hybridized carbons (Fsp3) is 0.143. The van der Waals surface area contributed by atoms with Crippen LogP contribution in [0.2, 0.25) is 0 Å². The van der Waals surface area contributed by atoms with E-state index in [1.807, 2.05) is 6.07 Å². The molecule has 0 amide bonds. The summed E-state index contributed by atoms with van der Waals surface area (Å²) in [7, 11) is -2.82. The molecule has 9 heteroatoms. The Hall–Kier alpha value is -3.77. The number of nitriles is 1. The van der Waals surface area contributed by atoms with Gasteiger partial charge in [-0.15, -0.1) is 0 Å². The number of ether oxygens (including phenoxy) is 1. The molecule has 0 spiro atoms. The van der Waals surface area contributed by atoms with Gasteiger partial charge in [-0.05, 0) is 31.2 Å². The number of carbonyl (C=O) groups excluding carboxylic acids is 1. The minimum Gasteiger partial charge on any atom is -0.464 e. The van der Waals surface area contributed by atoms with E-state index in [2.05, 4.69) is 0 Å². The third kappa shape index (κ3) is 3.49. The molecule has 0 saturated carbocycles. The highest BCUT2D eigenvalue weighted by Gasteiger charge is 2.29. The van der Waals surface area contributed by atoms with Crippen molar-refractivity contribution in [1.82, 2.24) is 4.57 Å². The van der Waals surface area contributed by atoms with E-state index in [9.17, 15) is 18.5 Å². The fourth-order valence-corrected chi connectivity index (χ4v) is 4.84. The molecule has 0 radical (unpaired) electrons. The smallest absolute Gasteiger partial charge is 0.357 e. The monoisotopic (exact) mass is 424 g/mol. The molecule has 0 saturated heterocycles. The van der Waals surface area contributed by atoms with Crippen molar-refractivity contribution in [2.75, 3.05) is 23.7 Å². The molecule has 3 rings (SSSR count). The molecule has 2 N–H and O–H groups in total. The van der Waals surface area contributed by atoms with Crippen LogP contribution in [0, 0.1) is 11.3 Å². The Morgan fingerprint density at radius 2 is 1.80 bits per heavy atom. The number of nitrogens with zero attached hydrogens (tertiary/aromatic N) is 3. The Morgan fingerprint density at radius 3 is 2.40 bits per heavy atom. The van der Waals surface area contributed by atoms with Gasteiger partial charge >= 0.3 is 5.97 Å². The first-order chi connectivity index (χ1) is 14.4. The average molecular weight is 424 g/mol. The van der Waals surface area contributed by atoms with Crippen molar-refractivity contribution in [3.05, 3.63) is 72.1 Å². The van der Waals surface area contributed by atoms with Crippen LogP contribution in [0.25, 0.3) is 5.69 Å². The highest BCUT2D eigenvalue weighted by atomic mass is 32.2. The van der Waals surface area contributed by atoms with Crippen LogP contribution in [0.4, 0.5) is 11.4 Å². The van der Waals surface area contributed by atoms with E-state index in [4.69, 9.17) is 10.5 Å². The predicted molar refractivity (Wildman–Crippen MR) is 113 cm³/mol. The lowest BCUT2D eigenvalue weighted by atomic mass is 10.2. The Morgan fingerprint density at radius 1 is 1.17 bits per heavy atom. The van der Waals surface area contributed by atoms with Crippen molar-refractivity contribution in [3.8, 4) is 11.8 Å². The molecule has 0 aliphatic heterocycles. The molecule has 0 aliphatic rings. The van der Waals surface area contributed by atoms with Gasteiger partial charge in [0.05, 0.1) is 29.7 Å². The van der Waals surface area contributed by atoms with E-state index in [1.165, 1.54) is 28.2 Å².